The van der Waals surface area contributed by atoms with Gasteiger partial charge in [-0.05, 0) is 19.9 Å². The summed E-state index contributed by atoms with van der Waals surface area (Å²) >= 11 is 1.81. The number of nitrogens with two attached hydrogens (primary N) is 1. The van der Waals surface area contributed by atoms with E-state index in [1.54, 1.807) is 0 Å². The number of nitrogens with zero attached hydrogens (tertiary/aromatic N) is 2. The van der Waals surface area contributed by atoms with E-state index in [4.69, 9.17) is 5.73 Å². The summed E-state index contributed by atoms with van der Waals surface area (Å²) in [6.07, 6.45) is 3.86. The quantitative estimate of drug-likeness (QED) is 0.837. The first-order valence-corrected chi connectivity index (χ1v) is 5.74. The minimum atomic E-state index is 0.664. The van der Waals surface area contributed by atoms with Crippen LogP contribution in [0.3, 0.4) is 0 Å². The zero-order valence-corrected chi connectivity index (χ0v) is 9.40. The number of imidazole rings is 1. The Morgan fingerprint density at radius 1 is 1.57 bits per heavy atom. The average Bonchev–Trinajstić information content (AvgIpc) is 2.66. The molecule has 0 atom stereocenters. The second-order valence-electron chi connectivity index (χ2n) is 3.35. The third-order valence-corrected chi connectivity index (χ3v) is 3.48. The van der Waals surface area contributed by atoms with Crippen LogP contribution in [0.15, 0.2) is 6.20 Å². The topological polar surface area (TPSA) is 43.3 Å². The smallest absolute Gasteiger partial charge is 0.120 e. The van der Waals surface area contributed by atoms with Crippen LogP contribution in [0.2, 0.25) is 0 Å². The number of hydrogen-bond acceptors (Lipinski definition) is 3. The summed E-state index contributed by atoms with van der Waals surface area (Å²) in [4.78, 5) is 7.02. The molecule has 2 N–H and O–H groups in total. The van der Waals surface area contributed by atoms with Gasteiger partial charge in [0.05, 0.1) is 6.20 Å². The van der Waals surface area contributed by atoms with Gasteiger partial charge in [0.2, 0.25) is 0 Å². The van der Waals surface area contributed by atoms with Crippen molar-refractivity contribution < 1.29 is 0 Å². The van der Waals surface area contributed by atoms with Crippen LogP contribution in [0.5, 0.6) is 0 Å². The Labute approximate surface area is 87.6 Å². The van der Waals surface area contributed by atoms with Crippen LogP contribution in [0, 0.1) is 6.92 Å². The highest BCUT2D eigenvalue weighted by Gasteiger charge is 2.11. The summed E-state index contributed by atoms with van der Waals surface area (Å²) in [7, 11) is 0. The van der Waals surface area contributed by atoms with Gasteiger partial charge in [-0.15, -0.1) is 11.3 Å². The molecule has 0 aliphatic rings. The van der Waals surface area contributed by atoms with E-state index in [2.05, 4.69) is 23.2 Å². The predicted octanol–water partition coefficient (Wildman–Crippen LogP) is 1.77. The number of thiazole rings is 1. The van der Waals surface area contributed by atoms with Crippen LogP contribution < -0.4 is 5.73 Å². The van der Waals surface area contributed by atoms with Crippen LogP contribution in [0.25, 0.3) is 4.83 Å². The number of rotatable bonds is 3. The lowest BCUT2D eigenvalue weighted by Gasteiger charge is -2.00. The summed E-state index contributed by atoms with van der Waals surface area (Å²) in [6.45, 7) is 5.01. The first-order valence-electron chi connectivity index (χ1n) is 4.92. The Hall–Kier alpha value is -0.870. The molecule has 3 nitrogen and oxygen atoms in total. The third kappa shape index (κ3) is 1.35. The average molecular weight is 209 g/mol. The van der Waals surface area contributed by atoms with Crippen molar-refractivity contribution in [1.29, 1.82) is 0 Å². The van der Waals surface area contributed by atoms with Gasteiger partial charge in [0.25, 0.3) is 0 Å². The number of fused-ring (bicyclic) bond motifs is 1. The molecule has 0 amide bonds. The normalized spacial score (nSPS) is 11.4. The maximum Gasteiger partial charge on any atom is 0.120 e. The molecule has 0 saturated carbocycles. The molecule has 0 aliphatic carbocycles. The fourth-order valence-electron chi connectivity index (χ4n) is 1.82. The zero-order chi connectivity index (χ0) is 10.1. The standard InChI is InChI=1S/C10H15N3S/c1-3-8-7(2)14-10-6-12-9(4-5-11)13(8)10/h6H,3-5,11H2,1-2H3. The molecule has 2 aromatic heterocycles. The number of aryl methyl sites for hydroxylation is 2. The Morgan fingerprint density at radius 3 is 3.00 bits per heavy atom. The van der Waals surface area contributed by atoms with E-state index in [0.29, 0.717) is 6.54 Å². The molecule has 2 aromatic rings. The molecule has 2 heterocycles. The fourth-order valence-corrected chi connectivity index (χ4v) is 2.90. The molecule has 0 aromatic carbocycles. The van der Waals surface area contributed by atoms with Gasteiger partial charge >= 0.3 is 0 Å². The van der Waals surface area contributed by atoms with Crippen LogP contribution in [-0.4, -0.2) is 15.9 Å². The number of hydrogen-bond donors (Lipinski definition) is 1. The molecular weight excluding hydrogens is 194 g/mol. The largest absolute Gasteiger partial charge is 0.330 e. The third-order valence-electron chi connectivity index (χ3n) is 2.44. The summed E-state index contributed by atoms with van der Waals surface area (Å²) in [6, 6.07) is 0. The van der Waals surface area contributed by atoms with Crippen molar-refractivity contribution in [3.8, 4) is 0 Å². The summed E-state index contributed by atoms with van der Waals surface area (Å²) in [5.74, 6) is 1.10. The molecule has 76 valence electrons. The Balaban J connectivity index is 2.62. The van der Waals surface area contributed by atoms with E-state index in [0.717, 1.165) is 18.7 Å². The molecule has 0 spiro atoms. The van der Waals surface area contributed by atoms with Gasteiger partial charge < -0.3 is 5.73 Å². The van der Waals surface area contributed by atoms with Crippen LogP contribution >= 0.6 is 11.3 Å². The maximum absolute atomic E-state index is 5.56. The number of aromatic nitrogens is 2. The van der Waals surface area contributed by atoms with Crippen molar-refractivity contribution in [3.05, 3.63) is 22.6 Å². The minimum absolute atomic E-state index is 0.664. The van der Waals surface area contributed by atoms with Crippen LogP contribution in [0.1, 0.15) is 23.3 Å². The van der Waals surface area contributed by atoms with E-state index in [9.17, 15) is 0 Å². The maximum atomic E-state index is 5.56. The van der Waals surface area contributed by atoms with E-state index < -0.39 is 0 Å². The molecular formula is C10H15N3S. The highest BCUT2D eigenvalue weighted by atomic mass is 32.1. The molecule has 0 radical (unpaired) electrons. The molecule has 2 rings (SSSR count). The van der Waals surface area contributed by atoms with Gasteiger partial charge in [0.15, 0.2) is 0 Å². The molecule has 4 heteroatoms. The van der Waals surface area contributed by atoms with Gasteiger partial charge in [-0.2, -0.15) is 0 Å². The molecule has 14 heavy (non-hydrogen) atoms. The van der Waals surface area contributed by atoms with Gasteiger partial charge in [0.1, 0.15) is 10.7 Å². The summed E-state index contributed by atoms with van der Waals surface area (Å²) in [5.41, 5.74) is 6.94. The molecule has 0 unspecified atom stereocenters. The van der Waals surface area contributed by atoms with Gasteiger partial charge in [-0.3, -0.25) is 4.40 Å². The van der Waals surface area contributed by atoms with E-state index in [-0.39, 0.29) is 0 Å². The van der Waals surface area contributed by atoms with Gasteiger partial charge in [0, 0.05) is 17.0 Å². The highest BCUT2D eigenvalue weighted by molar-refractivity contribution is 7.17. The second-order valence-corrected chi connectivity index (χ2v) is 4.58. The lowest BCUT2D eigenvalue weighted by molar-refractivity contribution is 0.835. The molecule has 0 fully saturated rings. The molecule has 0 aliphatic heterocycles. The summed E-state index contributed by atoms with van der Waals surface area (Å²) in [5, 5.41) is 0. The predicted molar refractivity (Wildman–Crippen MR) is 59.9 cm³/mol. The second kappa shape index (κ2) is 3.71. The first kappa shape index (κ1) is 9.68. The van der Waals surface area contributed by atoms with Crippen molar-refractivity contribution >= 4 is 16.2 Å². The molecule has 0 saturated heterocycles. The first-order chi connectivity index (χ1) is 6.77. The van der Waals surface area contributed by atoms with Crippen molar-refractivity contribution in [1.82, 2.24) is 9.38 Å². The van der Waals surface area contributed by atoms with Gasteiger partial charge in [-0.25, -0.2) is 4.98 Å². The van der Waals surface area contributed by atoms with Crippen molar-refractivity contribution in [2.75, 3.05) is 6.54 Å². The lowest BCUT2D eigenvalue weighted by atomic mass is 10.3. The highest BCUT2D eigenvalue weighted by Crippen LogP contribution is 2.24. The summed E-state index contributed by atoms with van der Waals surface area (Å²) < 4.78 is 2.26. The van der Waals surface area contributed by atoms with Crippen molar-refractivity contribution in [2.45, 2.75) is 26.7 Å². The van der Waals surface area contributed by atoms with Crippen LogP contribution in [-0.2, 0) is 12.8 Å². The van der Waals surface area contributed by atoms with E-state index >= 15 is 0 Å². The Kier molecular flexibility index (Phi) is 2.56. The monoisotopic (exact) mass is 209 g/mol. The van der Waals surface area contributed by atoms with Crippen LogP contribution in [0.4, 0.5) is 0 Å². The van der Waals surface area contributed by atoms with E-state index in [1.807, 2.05) is 17.5 Å². The van der Waals surface area contributed by atoms with Crippen molar-refractivity contribution in [2.24, 2.45) is 5.73 Å². The Morgan fingerprint density at radius 2 is 2.36 bits per heavy atom. The Bertz CT molecular complexity index is 441. The zero-order valence-electron chi connectivity index (χ0n) is 8.58. The van der Waals surface area contributed by atoms with E-state index in [1.165, 1.54) is 15.4 Å². The lowest BCUT2D eigenvalue weighted by Crippen LogP contribution is -2.07. The molecule has 0 bridgehead atoms. The minimum Gasteiger partial charge on any atom is -0.330 e. The SMILES string of the molecule is CCc1c(C)sc2cnc(CCN)n12. The van der Waals surface area contributed by atoms with Gasteiger partial charge in [-0.1, -0.05) is 6.92 Å². The fraction of sp³-hybridized carbons (Fsp3) is 0.500. The van der Waals surface area contributed by atoms with Crippen molar-refractivity contribution in [3.63, 3.8) is 0 Å².